The van der Waals surface area contributed by atoms with Crippen LogP contribution >= 0.6 is 11.8 Å². The van der Waals surface area contributed by atoms with Gasteiger partial charge in [-0.2, -0.15) is 0 Å². The van der Waals surface area contributed by atoms with Crippen molar-refractivity contribution in [1.29, 1.82) is 0 Å². The Morgan fingerprint density at radius 2 is 2.14 bits per heavy atom. The number of hydrogen-bond acceptors (Lipinski definition) is 4. The van der Waals surface area contributed by atoms with Crippen molar-refractivity contribution in [3.05, 3.63) is 0 Å². The zero-order chi connectivity index (χ0) is 15.6. The summed E-state index contributed by atoms with van der Waals surface area (Å²) >= 11 is 1.56. The van der Waals surface area contributed by atoms with E-state index in [1.807, 2.05) is 20.8 Å². The molecule has 0 aromatic rings. The monoisotopic (exact) mass is 316 g/mol. The van der Waals surface area contributed by atoms with Crippen LogP contribution in [0.2, 0.25) is 0 Å². The summed E-state index contributed by atoms with van der Waals surface area (Å²) in [6, 6.07) is -0.837. The van der Waals surface area contributed by atoms with Crippen molar-refractivity contribution in [3.63, 3.8) is 0 Å². The Labute approximate surface area is 129 Å². The number of carbonyl (C=O) groups excluding carboxylic acids is 1. The van der Waals surface area contributed by atoms with Gasteiger partial charge in [-0.25, -0.2) is 9.59 Å². The average Bonchev–Trinajstić information content (AvgIpc) is 2.91. The zero-order valence-electron chi connectivity index (χ0n) is 12.8. The van der Waals surface area contributed by atoms with E-state index in [-0.39, 0.29) is 23.4 Å². The Morgan fingerprint density at radius 1 is 1.43 bits per heavy atom. The van der Waals surface area contributed by atoms with Crippen molar-refractivity contribution in [2.24, 2.45) is 5.92 Å². The Morgan fingerprint density at radius 3 is 2.71 bits per heavy atom. The number of urea groups is 1. The minimum absolute atomic E-state index is 0.0408. The number of rotatable bonds is 3. The standard InChI is InChI=1S/C14H24N2O4S/c1-4-10-7-20-6-5-15(10)14(19)16-11(13(17)18)8-21-12(16)9(2)3/h9-12H,4-8H2,1-3H3,(H,17,18). The van der Waals surface area contributed by atoms with Crippen molar-refractivity contribution in [3.8, 4) is 0 Å². The molecule has 7 heteroatoms. The lowest BCUT2D eigenvalue weighted by atomic mass is 10.1. The largest absolute Gasteiger partial charge is 0.480 e. The lowest BCUT2D eigenvalue weighted by Gasteiger charge is -2.40. The first-order valence-corrected chi connectivity index (χ1v) is 8.53. The maximum atomic E-state index is 12.9. The molecule has 6 nitrogen and oxygen atoms in total. The van der Waals surface area contributed by atoms with Gasteiger partial charge in [0, 0.05) is 12.3 Å². The van der Waals surface area contributed by atoms with Crippen molar-refractivity contribution < 1.29 is 19.4 Å². The minimum atomic E-state index is -0.916. The fourth-order valence-electron chi connectivity index (χ4n) is 2.87. The van der Waals surface area contributed by atoms with Gasteiger partial charge in [0.25, 0.3) is 0 Å². The number of amides is 2. The highest BCUT2D eigenvalue weighted by Gasteiger charge is 2.45. The van der Waals surface area contributed by atoms with Crippen molar-refractivity contribution in [1.82, 2.24) is 9.80 Å². The van der Waals surface area contributed by atoms with E-state index >= 15 is 0 Å². The summed E-state index contributed by atoms with van der Waals surface area (Å²) in [7, 11) is 0. The molecule has 120 valence electrons. The molecule has 2 aliphatic heterocycles. The van der Waals surface area contributed by atoms with Crippen LogP contribution in [0.5, 0.6) is 0 Å². The normalized spacial score (nSPS) is 30.0. The quantitative estimate of drug-likeness (QED) is 0.858. The third-order valence-electron chi connectivity index (χ3n) is 4.06. The molecule has 0 saturated carbocycles. The Kier molecular flexibility index (Phi) is 5.37. The summed E-state index contributed by atoms with van der Waals surface area (Å²) < 4.78 is 5.43. The second-order valence-corrected chi connectivity index (χ2v) is 6.99. The van der Waals surface area contributed by atoms with Crippen molar-refractivity contribution in [2.45, 2.75) is 44.6 Å². The van der Waals surface area contributed by atoms with Crippen LogP contribution < -0.4 is 0 Å². The van der Waals surface area contributed by atoms with E-state index in [1.165, 1.54) is 0 Å². The minimum Gasteiger partial charge on any atom is -0.480 e. The fourth-order valence-corrected chi connectivity index (χ4v) is 4.33. The van der Waals surface area contributed by atoms with Crippen LogP contribution in [-0.2, 0) is 9.53 Å². The molecule has 2 saturated heterocycles. The highest BCUT2D eigenvalue weighted by molar-refractivity contribution is 8.00. The Balaban J connectivity index is 2.21. The second kappa shape index (κ2) is 6.87. The van der Waals surface area contributed by atoms with Crippen LogP contribution in [0.25, 0.3) is 0 Å². The van der Waals surface area contributed by atoms with Gasteiger partial charge in [-0.05, 0) is 12.3 Å². The van der Waals surface area contributed by atoms with Crippen LogP contribution in [0.15, 0.2) is 0 Å². The third kappa shape index (κ3) is 3.29. The Bertz CT molecular complexity index is 404. The van der Waals surface area contributed by atoms with E-state index in [0.29, 0.717) is 25.5 Å². The van der Waals surface area contributed by atoms with E-state index in [9.17, 15) is 14.7 Å². The van der Waals surface area contributed by atoms with E-state index in [1.54, 1.807) is 21.6 Å². The van der Waals surface area contributed by atoms with Gasteiger partial charge in [-0.3, -0.25) is 4.90 Å². The number of ether oxygens (including phenoxy) is 1. The summed E-state index contributed by atoms with van der Waals surface area (Å²) in [4.78, 5) is 27.8. The molecule has 2 fully saturated rings. The topological polar surface area (TPSA) is 70.1 Å². The van der Waals surface area contributed by atoms with Gasteiger partial charge in [0.2, 0.25) is 0 Å². The maximum Gasteiger partial charge on any atom is 0.327 e. The molecule has 0 spiro atoms. The SMILES string of the molecule is CCC1COCCN1C(=O)N1C(C(=O)O)CSC1C(C)C. The van der Waals surface area contributed by atoms with E-state index < -0.39 is 12.0 Å². The molecule has 0 aromatic heterocycles. The lowest BCUT2D eigenvalue weighted by Crippen LogP contribution is -2.58. The molecule has 2 aliphatic rings. The Hall–Kier alpha value is -0.950. The molecule has 3 unspecified atom stereocenters. The number of carboxylic acids is 1. The summed E-state index contributed by atoms with van der Waals surface area (Å²) in [5, 5.41) is 9.33. The number of nitrogens with zero attached hydrogens (tertiary/aromatic N) is 2. The van der Waals surface area contributed by atoms with Crippen LogP contribution in [0.3, 0.4) is 0 Å². The predicted octanol–water partition coefficient (Wildman–Crippen LogP) is 1.70. The highest BCUT2D eigenvalue weighted by Crippen LogP contribution is 2.35. The summed E-state index contributed by atoms with van der Waals surface area (Å²) in [5.41, 5.74) is 0. The average molecular weight is 316 g/mol. The number of carboxylic acid groups (broad SMARTS) is 1. The van der Waals surface area contributed by atoms with Gasteiger partial charge >= 0.3 is 12.0 Å². The van der Waals surface area contributed by atoms with Gasteiger partial charge in [0.1, 0.15) is 6.04 Å². The number of hydrogen-bond donors (Lipinski definition) is 1. The van der Waals surface area contributed by atoms with E-state index in [2.05, 4.69) is 0 Å². The van der Waals surface area contributed by atoms with E-state index in [4.69, 9.17) is 4.74 Å². The van der Waals surface area contributed by atoms with Crippen LogP contribution in [-0.4, -0.2) is 69.9 Å². The van der Waals surface area contributed by atoms with Crippen molar-refractivity contribution in [2.75, 3.05) is 25.5 Å². The van der Waals surface area contributed by atoms with E-state index in [0.717, 1.165) is 6.42 Å². The van der Waals surface area contributed by atoms with Gasteiger partial charge in [0.15, 0.2) is 0 Å². The first kappa shape index (κ1) is 16.4. The molecule has 0 radical (unpaired) electrons. The number of aliphatic carboxylic acids is 1. The molecule has 2 amide bonds. The van der Waals surface area contributed by atoms with Crippen molar-refractivity contribution >= 4 is 23.8 Å². The van der Waals surface area contributed by atoms with Gasteiger partial charge < -0.3 is 14.7 Å². The maximum absolute atomic E-state index is 12.9. The first-order valence-electron chi connectivity index (χ1n) is 7.48. The summed E-state index contributed by atoms with van der Waals surface area (Å²) in [5.74, 6) is -0.227. The second-order valence-electron chi connectivity index (χ2n) is 5.84. The number of carbonyl (C=O) groups is 2. The van der Waals surface area contributed by atoms with Gasteiger partial charge in [-0.1, -0.05) is 20.8 Å². The molecule has 0 aliphatic carbocycles. The molecule has 0 bridgehead atoms. The molecular weight excluding hydrogens is 292 g/mol. The van der Waals surface area contributed by atoms with Crippen LogP contribution in [0.4, 0.5) is 4.79 Å². The highest BCUT2D eigenvalue weighted by atomic mass is 32.2. The molecular formula is C14H24N2O4S. The fraction of sp³-hybridized carbons (Fsp3) is 0.857. The molecule has 21 heavy (non-hydrogen) atoms. The number of morpholine rings is 1. The molecule has 0 aromatic carbocycles. The molecule has 2 heterocycles. The van der Waals surface area contributed by atoms with Crippen LogP contribution in [0, 0.1) is 5.92 Å². The summed E-state index contributed by atoms with van der Waals surface area (Å²) in [6.45, 7) is 7.67. The zero-order valence-corrected chi connectivity index (χ0v) is 13.6. The molecule has 1 N–H and O–H groups in total. The number of thioether (sulfide) groups is 1. The van der Waals surface area contributed by atoms with Gasteiger partial charge in [-0.15, -0.1) is 11.8 Å². The van der Waals surface area contributed by atoms with Crippen LogP contribution in [0.1, 0.15) is 27.2 Å². The lowest BCUT2D eigenvalue weighted by molar-refractivity contribution is -0.141. The first-order chi connectivity index (χ1) is 9.97. The predicted molar refractivity (Wildman–Crippen MR) is 81.3 cm³/mol. The molecule has 2 rings (SSSR count). The van der Waals surface area contributed by atoms with Gasteiger partial charge in [0.05, 0.1) is 24.6 Å². The third-order valence-corrected chi connectivity index (χ3v) is 5.68. The summed E-state index contributed by atoms with van der Waals surface area (Å²) in [6.07, 6.45) is 0.816. The molecule has 3 atom stereocenters. The smallest absolute Gasteiger partial charge is 0.327 e.